The summed E-state index contributed by atoms with van der Waals surface area (Å²) >= 11 is 0. The summed E-state index contributed by atoms with van der Waals surface area (Å²) < 4.78 is 5.19. The summed E-state index contributed by atoms with van der Waals surface area (Å²) in [5, 5.41) is 6.26. The lowest BCUT2D eigenvalue weighted by molar-refractivity contribution is 0.0527. The van der Waals surface area contributed by atoms with Gasteiger partial charge in [0.2, 0.25) is 0 Å². The van der Waals surface area contributed by atoms with Gasteiger partial charge in [-0.2, -0.15) is 0 Å². The van der Waals surface area contributed by atoms with Gasteiger partial charge in [-0.25, -0.2) is 4.79 Å². The maximum absolute atomic E-state index is 11.5. The normalized spacial score (nSPS) is 12.8. The Kier molecular flexibility index (Phi) is 7.39. The van der Waals surface area contributed by atoms with Crippen LogP contribution in [0.3, 0.4) is 0 Å². The molecule has 0 aliphatic rings. The van der Waals surface area contributed by atoms with Crippen molar-refractivity contribution in [3.63, 3.8) is 0 Å². The minimum atomic E-state index is -0.440. The van der Waals surface area contributed by atoms with E-state index in [-0.39, 0.29) is 6.09 Å². The summed E-state index contributed by atoms with van der Waals surface area (Å²) in [6.45, 7) is 11.4. The van der Waals surface area contributed by atoms with Gasteiger partial charge in [0.05, 0.1) is 0 Å². The fourth-order valence-electron chi connectivity index (χ4n) is 2.18. The fraction of sp³-hybridized carbons (Fsp3) is 0.611. The molecule has 0 saturated carbocycles. The van der Waals surface area contributed by atoms with Crippen molar-refractivity contribution in [1.29, 1.82) is 0 Å². The van der Waals surface area contributed by atoms with Crippen molar-refractivity contribution in [1.82, 2.24) is 10.6 Å². The summed E-state index contributed by atoms with van der Waals surface area (Å²) in [5.41, 5.74) is 2.28. The number of rotatable bonds is 7. The standard InChI is InChI=1S/C18H30N2O2/c1-14-9-6-7-10-16(14)13-15(2)19-11-8-12-20-17(21)22-18(3,4)5/h6-7,9-10,15,19H,8,11-13H2,1-5H3,(H,20,21). The van der Waals surface area contributed by atoms with Crippen molar-refractivity contribution < 1.29 is 9.53 Å². The van der Waals surface area contributed by atoms with Crippen LogP contribution in [-0.2, 0) is 11.2 Å². The van der Waals surface area contributed by atoms with Gasteiger partial charge in [0.1, 0.15) is 5.60 Å². The molecule has 22 heavy (non-hydrogen) atoms. The summed E-state index contributed by atoms with van der Waals surface area (Å²) in [4.78, 5) is 11.5. The predicted molar refractivity (Wildman–Crippen MR) is 91.2 cm³/mol. The fourth-order valence-corrected chi connectivity index (χ4v) is 2.18. The molecule has 0 heterocycles. The summed E-state index contributed by atoms with van der Waals surface area (Å²) in [7, 11) is 0. The zero-order valence-corrected chi connectivity index (χ0v) is 14.5. The summed E-state index contributed by atoms with van der Waals surface area (Å²) in [6.07, 6.45) is 1.56. The van der Waals surface area contributed by atoms with E-state index in [0.29, 0.717) is 12.6 Å². The molecule has 1 aromatic carbocycles. The van der Waals surface area contributed by atoms with Crippen LogP contribution in [0.2, 0.25) is 0 Å². The molecule has 4 heteroatoms. The topological polar surface area (TPSA) is 50.4 Å². The molecule has 0 fully saturated rings. The average Bonchev–Trinajstić information content (AvgIpc) is 2.39. The predicted octanol–water partition coefficient (Wildman–Crippen LogP) is 3.43. The maximum atomic E-state index is 11.5. The first-order chi connectivity index (χ1) is 10.3. The van der Waals surface area contributed by atoms with Gasteiger partial charge in [0, 0.05) is 12.6 Å². The Morgan fingerprint density at radius 3 is 2.55 bits per heavy atom. The molecule has 1 unspecified atom stereocenters. The van der Waals surface area contributed by atoms with E-state index in [9.17, 15) is 4.79 Å². The first kappa shape index (κ1) is 18.5. The first-order valence-corrected chi connectivity index (χ1v) is 8.02. The number of amides is 1. The van der Waals surface area contributed by atoms with Crippen LogP contribution in [0, 0.1) is 6.92 Å². The number of hydrogen-bond acceptors (Lipinski definition) is 3. The van der Waals surface area contributed by atoms with Gasteiger partial charge in [-0.15, -0.1) is 0 Å². The second-order valence-electron chi connectivity index (χ2n) is 6.77. The maximum Gasteiger partial charge on any atom is 0.407 e. The molecule has 4 nitrogen and oxygen atoms in total. The van der Waals surface area contributed by atoms with Crippen LogP contribution in [0.4, 0.5) is 4.79 Å². The highest BCUT2D eigenvalue weighted by atomic mass is 16.6. The molecule has 1 atom stereocenters. The third kappa shape index (κ3) is 8.03. The minimum Gasteiger partial charge on any atom is -0.444 e. The number of carbonyl (C=O) groups excluding carboxylic acids is 1. The number of nitrogens with one attached hydrogen (secondary N) is 2. The Labute approximate surface area is 134 Å². The van der Waals surface area contributed by atoms with E-state index in [4.69, 9.17) is 4.74 Å². The van der Waals surface area contributed by atoms with Crippen molar-refractivity contribution in [2.45, 2.75) is 59.1 Å². The Balaban J connectivity index is 2.14. The quantitative estimate of drug-likeness (QED) is 0.759. The number of alkyl carbamates (subject to hydrolysis) is 1. The lowest BCUT2D eigenvalue weighted by Crippen LogP contribution is -2.35. The van der Waals surface area contributed by atoms with Gasteiger partial charge in [0.15, 0.2) is 0 Å². The average molecular weight is 306 g/mol. The van der Waals surface area contributed by atoms with Crippen LogP contribution in [0.1, 0.15) is 45.2 Å². The van der Waals surface area contributed by atoms with Crippen LogP contribution in [0.25, 0.3) is 0 Å². The van der Waals surface area contributed by atoms with Crippen molar-refractivity contribution in [3.8, 4) is 0 Å². The number of ether oxygens (including phenoxy) is 1. The SMILES string of the molecule is Cc1ccccc1CC(C)NCCCNC(=O)OC(C)(C)C. The van der Waals surface area contributed by atoms with E-state index in [1.165, 1.54) is 11.1 Å². The second-order valence-corrected chi connectivity index (χ2v) is 6.77. The van der Waals surface area contributed by atoms with Gasteiger partial charge in [-0.05, 0) is 65.1 Å². The molecule has 0 aliphatic carbocycles. The monoisotopic (exact) mass is 306 g/mol. The van der Waals surface area contributed by atoms with E-state index >= 15 is 0 Å². The Hall–Kier alpha value is -1.55. The molecule has 2 N–H and O–H groups in total. The highest BCUT2D eigenvalue weighted by molar-refractivity contribution is 5.67. The van der Waals surface area contributed by atoms with Crippen LogP contribution in [0.5, 0.6) is 0 Å². The van der Waals surface area contributed by atoms with Crippen LogP contribution >= 0.6 is 0 Å². The summed E-state index contributed by atoms with van der Waals surface area (Å²) in [6, 6.07) is 8.89. The molecule has 0 saturated heterocycles. The van der Waals surface area contributed by atoms with Crippen molar-refractivity contribution in [2.24, 2.45) is 0 Å². The Morgan fingerprint density at radius 2 is 1.91 bits per heavy atom. The van der Waals surface area contributed by atoms with Gasteiger partial charge < -0.3 is 15.4 Å². The first-order valence-electron chi connectivity index (χ1n) is 8.02. The molecule has 124 valence electrons. The number of hydrogen-bond donors (Lipinski definition) is 2. The third-order valence-electron chi connectivity index (χ3n) is 3.30. The van der Waals surface area contributed by atoms with Gasteiger partial charge in [-0.3, -0.25) is 0 Å². The molecular weight excluding hydrogens is 276 g/mol. The van der Waals surface area contributed by atoms with E-state index in [1.54, 1.807) is 0 Å². The molecule has 0 spiro atoms. The third-order valence-corrected chi connectivity index (χ3v) is 3.30. The molecule has 1 rings (SSSR count). The van der Waals surface area contributed by atoms with Crippen molar-refractivity contribution in [2.75, 3.05) is 13.1 Å². The van der Waals surface area contributed by atoms with Crippen LogP contribution in [-0.4, -0.2) is 30.8 Å². The lowest BCUT2D eigenvalue weighted by Gasteiger charge is -2.20. The molecular formula is C18H30N2O2. The highest BCUT2D eigenvalue weighted by Crippen LogP contribution is 2.09. The van der Waals surface area contributed by atoms with Crippen molar-refractivity contribution >= 4 is 6.09 Å². The number of carbonyl (C=O) groups is 1. The second kappa shape index (κ2) is 8.79. The molecule has 0 aromatic heterocycles. The van der Waals surface area contributed by atoms with Gasteiger partial charge >= 0.3 is 6.09 Å². The Morgan fingerprint density at radius 1 is 1.23 bits per heavy atom. The van der Waals surface area contributed by atoms with E-state index in [2.05, 4.69) is 48.7 Å². The Bertz CT molecular complexity index is 466. The van der Waals surface area contributed by atoms with Crippen LogP contribution < -0.4 is 10.6 Å². The molecule has 0 radical (unpaired) electrons. The smallest absolute Gasteiger partial charge is 0.407 e. The van der Waals surface area contributed by atoms with Crippen molar-refractivity contribution in [3.05, 3.63) is 35.4 Å². The zero-order chi connectivity index (χ0) is 16.6. The largest absolute Gasteiger partial charge is 0.444 e. The number of benzene rings is 1. The molecule has 0 aliphatic heterocycles. The zero-order valence-electron chi connectivity index (χ0n) is 14.5. The lowest BCUT2D eigenvalue weighted by atomic mass is 10.0. The summed E-state index contributed by atoms with van der Waals surface area (Å²) in [5.74, 6) is 0. The minimum absolute atomic E-state index is 0.347. The van der Waals surface area contributed by atoms with Gasteiger partial charge in [-0.1, -0.05) is 24.3 Å². The van der Waals surface area contributed by atoms with E-state index in [0.717, 1.165) is 19.4 Å². The van der Waals surface area contributed by atoms with E-state index < -0.39 is 5.60 Å². The van der Waals surface area contributed by atoms with Gasteiger partial charge in [0.25, 0.3) is 0 Å². The van der Waals surface area contributed by atoms with Crippen LogP contribution in [0.15, 0.2) is 24.3 Å². The molecule has 1 aromatic rings. The number of aryl methyl sites for hydroxylation is 1. The molecule has 1 amide bonds. The molecule has 0 bridgehead atoms. The highest BCUT2D eigenvalue weighted by Gasteiger charge is 2.15. The van der Waals surface area contributed by atoms with E-state index in [1.807, 2.05) is 20.8 Å².